The first-order valence-corrected chi connectivity index (χ1v) is 15.1. The van der Waals surface area contributed by atoms with E-state index in [0.717, 1.165) is 69.8 Å². The third kappa shape index (κ3) is 5.81. The molecule has 1 aromatic carbocycles. The lowest BCUT2D eigenvalue weighted by Crippen LogP contribution is -2.56. The Bertz CT molecular complexity index is 1140. The van der Waals surface area contributed by atoms with E-state index >= 15 is 0 Å². The fraction of sp³-hybridized carbons (Fsp3) is 0.688. The molecule has 8 heteroatoms. The highest BCUT2D eigenvalue weighted by atomic mass is 16.7. The summed E-state index contributed by atoms with van der Waals surface area (Å²) in [5.74, 6) is 2.05. The van der Waals surface area contributed by atoms with Crippen molar-refractivity contribution in [1.29, 1.82) is 0 Å². The number of carbonyl (C=O) groups excluding carboxylic acids is 1. The highest BCUT2D eigenvalue weighted by molar-refractivity contribution is 5.81. The van der Waals surface area contributed by atoms with Gasteiger partial charge in [-0.2, -0.15) is 0 Å². The van der Waals surface area contributed by atoms with E-state index in [9.17, 15) is 9.90 Å². The third-order valence-electron chi connectivity index (χ3n) is 9.82. The van der Waals surface area contributed by atoms with Crippen molar-refractivity contribution >= 4 is 12.1 Å². The second kappa shape index (κ2) is 11.5. The van der Waals surface area contributed by atoms with Gasteiger partial charge in [0.1, 0.15) is 6.23 Å². The van der Waals surface area contributed by atoms with Gasteiger partial charge in [0.05, 0.1) is 18.6 Å². The summed E-state index contributed by atoms with van der Waals surface area (Å²) in [6.07, 6.45) is 10.3. The molecule has 2 fully saturated rings. The van der Waals surface area contributed by atoms with Crippen LogP contribution in [0.2, 0.25) is 0 Å². The molecule has 8 nitrogen and oxygen atoms in total. The Hall–Kier alpha value is -2.42. The number of benzene rings is 1. The van der Waals surface area contributed by atoms with Crippen LogP contribution in [-0.2, 0) is 4.79 Å². The molecule has 4 aliphatic rings. The van der Waals surface area contributed by atoms with Gasteiger partial charge >= 0.3 is 0 Å². The van der Waals surface area contributed by atoms with Crippen molar-refractivity contribution < 1.29 is 19.4 Å². The van der Waals surface area contributed by atoms with E-state index in [1.807, 2.05) is 18.4 Å². The molecule has 0 aromatic heterocycles. The highest BCUT2D eigenvalue weighted by Crippen LogP contribution is 2.44. The zero-order chi connectivity index (χ0) is 28.5. The fourth-order valence-electron chi connectivity index (χ4n) is 6.92. The van der Waals surface area contributed by atoms with Crippen LogP contribution in [0.1, 0.15) is 78.2 Å². The quantitative estimate of drug-likeness (QED) is 0.463. The van der Waals surface area contributed by atoms with Gasteiger partial charge in [-0.1, -0.05) is 39.3 Å². The van der Waals surface area contributed by atoms with Crippen LogP contribution in [0.5, 0.6) is 11.5 Å². The molecule has 4 aliphatic heterocycles. The van der Waals surface area contributed by atoms with E-state index in [1.54, 1.807) is 0 Å². The molecule has 40 heavy (non-hydrogen) atoms. The van der Waals surface area contributed by atoms with Crippen molar-refractivity contribution in [1.82, 2.24) is 14.7 Å². The number of amides is 1. The van der Waals surface area contributed by atoms with Gasteiger partial charge in [-0.25, -0.2) is 0 Å². The van der Waals surface area contributed by atoms with E-state index in [2.05, 4.69) is 72.5 Å². The first kappa shape index (κ1) is 29.1. The van der Waals surface area contributed by atoms with Gasteiger partial charge in [0.15, 0.2) is 11.5 Å². The topological polar surface area (TPSA) is 77.8 Å². The SMILES string of the molecule is CCCCN(C(=O)CN1C[C@H](c2ccc3c(c2)OCO3)CC1(C)CCN1CCC(C)(C)C1O)C1(C)C=CC=NC1. The van der Waals surface area contributed by atoms with E-state index in [4.69, 9.17) is 9.47 Å². The largest absolute Gasteiger partial charge is 0.454 e. The van der Waals surface area contributed by atoms with E-state index < -0.39 is 11.8 Å². The van der Waals surface area contributed by atoms with Gasteiger partial charge in [-0.05, 0) is 69.2 Å². The maximum atomic E-state index is 14.1. The smallest absolute Gasteiger partial charge is 0.237 e. The minimum Gasteiger partial charge on any atom is -0.454 e. The number of hydrogen-bond acceptors (Lipinski definition) is 7. The Labute approximate surface area is 240 Å². The number of aliphatic hydroxyl groups excluding tert-OH is 1. The number of rotatable bonds is 10. The average Bonchev–Trinajstić information content (AvgIpc) is 3.59. The third-order valence-corrected chi connectivity index (χ3v) is 9.82. The number of ether oxygens (including phenoxy) is 2. The molecule has 1 aromatic rings. The zero-order valence-electron chi connectivity index (χ0n) is 25.1. The Morgan fingerprint density at radius 3 is 2.70 bits per heavy atom. The number of aliphatic imine (C=N–C) groups is 1. The number of likely N-dealkylation sites (tertiary alicyclic amines) is 2. The molecule has 0 aliphatic carbocycles. The number of dihydropyridines is 1. The molecule has 0 radical (unpaired) electrons. The summed E-state index contributed by atoms with van der Waals surface area (Å²) >= 11 is 0. The summed E-state index contributed by atoms with van der Waals surface area (Å²) in [6, 6.07) is 6.27. The summed E-state index contributed by atoms with van der Waals surface area (Å²) in [7, 11) is 0. The van der Waals surface area contributed by atoms with E-state index in [-0.39, 0.29) is 29.6 Å². The van der Waals surface area contributed by atoms with Gasteiger partial charge in [-0.15, -0.1) is 0 Å². The first-order chi connectivity index (χ1) is 19.0. The Balaban J connectivity index is 1.36. The van der Waals surface area contributed by atoms with Crippen molar-refractivity contribution in [3.8, 4) is 11.5 Å². The molecule has 1 N–H and O–H groups in total. The number of fused-ring (bicyclic) bond motifs is 1. The Morgan fingerprint density at radius 2 is 2.00 bits per heavy atom. The molecular weight excluding hydrogens is 504 g/mol. The highest BCUT2D eigenvalue weighted by Gasteiger charge is 2.46. The summed E-state index contributed by atoms with van der Waals surface area (Å²) in [6.45, 7) is 15.4. The summed E-state index contributed by atoms with van der Waals surface area (Å²) < 4.78 is 11.2. The second-order valence-electron chi connectivity index (χ2n) is 13.4. The number of allylic oxidation sites excluding steroid dienone is 1. The van der Waals surface area contributed by atoms with Gasteiger partial charge < -0.3 is 19.5 Å². The van der Waals surface area contributed by atoms with Crippen LogP contribution in [-0.4, -0.2) is 95.3 Å². The number of carbonyl (C=O) groups is 1. The van der Waals surface area contributed by atoms with E-state index in [1.165, 1.54) is 5.56 Å². The molecule has 1 amide bonds. The van der Waals surface area contributed by atoms with E-state index in [0.29, 0.717) is 13.1 Å². The maximum absolute atomic E-state index is 14.1. The number of unbranched alkanes of at least 4 members (excludes halogenated alkanes) is 1. The van der Waals surface area contributed by atoms with Crippen molar-refractivity contribution in [3.63, 3.8) is 0 Å². The minimum absolute atomic E-state index is 0.0908. The monoisotopic (exact) mass is 552 g/mol. The maximum Gasteiger partial charge on any atom is 0.237 e. The molecule has 3 unspecified atom stereocenters. The lowest BCUT2D eigenvalue weighted by Gasteiger charge is -2.42. The predicted octanol–water partition coefficient (Wildman–Crippen LogP) is 4.43. The minimum atomic E-state index is -0.430. The van der Waals surface area contributed by atoms with Crippen molar-refractivity contribution in [2.24, 2.45) is 10.4 Å². The van der Waals surface area contributed by atoms with Crippen LogP contribution in [0.3, 0.4) is 0 Å². The Kier molecular flexibility index (Phi) is 8.33. The molecule has 0 spiro atoms. The predicted molar refractivity (Wildman–Crippen MR) is 158 cm³/mol. The summed E-state index contributed by atoms with van der Waals surface area (Å²) in [5.41, 5.74) is 0.555. The summed E-state index contributed by atoms with van der Waals surface area (Å²) in [4.78, 5) is 25.3. The molecule has 2 saturated heterocycles. The van der Waals surface area contributed by atoms with Gasteiger partial charge in [0, 0.05) is 43.3 Å². The number of aliphatic hydroxyl groups is 1. The zero-order valence-corrected chi connectivity index (χ0v) is 25.1. The van der Waals surface area contributed by atoms with Crippen LogP contribution >= 0.6 is 0 Å². The first-order valence-electron chi connectivity index (χ1n) is 15.1. The molecule has 0 bridgehead atoms. The molecular formula is C32H48N4O4. The van der Waals surface area contributed by atoms with Gasteiger partial charge in [0.25, 0.3) is 0 Å². The molecule has 0 saturated carbocycles. The summed E-state index contributed by atoms with van der Waals surface area (Å²) in [5, 5.41) is 10.9. The number of nitrogens with zero attached hydrogens (tertiary/aromatic N) is 4. The van der Waals surface area contributed by atoms with Crippen LogP contribution in [0.4, 0.5) is 0 Å². The lowest BCUT2D eigenvalue weighted by atomic mass is 9.87. The van der Waals surface area contributed by atoms with Gasteiger partial charge in [0.2, 0.25) is 12.7 Å². The molecule has 5 rings (SSSR count). The Morgan fingerprint density at radius 1 is 1.20 bits per heavy atom. The van der Waals surface area contributed by atoms with Crippen molar-refractivity contribution in [2.45, 2.75) is 89.9 Å². The lowest BCUT2D eigenvalue weighted by molar-refractivity contribution is -0.137. The standard InChI is InChI=1S/C32H48N4O4/c1-6-7-15-36(32(5)11-8-14-33-22-32)28(37)21-35-20-25(24-9-10-26-27(18-24)40-23-39-26)19-31(35,4)13-17-34-16-12-30(2,3)29(34)38/h8-11,14,18,25,29,38H,6-7,12-13,15-17,19-23H2,1-5H3/t25-,29?,31?,32?/m1/s1. The van der Waals surface area contributed by atoms with Gasteiger partial charge in [-0.3, -0.25) is 19.6 Å². The number of hydrogen-bond donors (Lipinski definition) is 1. The molecule has 4 atom stereocenters. The van der Waals surface area contributed by atoms with Crippen LogP contribution in [0, 0.1) is 5.41 Å². The normalized spacial score (nSPS) is 31.2. The van der Waals surface area contributed by atoms with Crippen molar-refractivity contribution in [2.75, 3.05) is 46.1 Å². The fourth-order valence-corrected chi connectivity index (χ4v) is 6.92. The second-order valence-corrected chi connectivity index (χ2v) is 13.4. The van der Waals surface area contributed by atoms with Crippen molar-refractivity contribution in [3.05, 3.63) is 35.9 Å². The van der Waals surface area contributed by atoms with Crippen LogP contribution in [0.25, 0.3) is 0 Å². The van der Waals surface area contributed by atoms with Crippen LogP contribution in [0.15, 0.2) is 35.3 Å². The van der Waals surface area contributed by atoms with Crippen LogP contribution < -0.4 is 9.47 Å². The molecule has 4 heterocycles. The molecule has 220 valence electrons. The average molecular weight is 553 g/mol.